The number of hydrogen-bond donors (Lipinski definition) is 26. The molecule has 0 aromatic heterocycles. The van der Waals surface area contributed by atoms with Crippen LogP contribution in [0.25, 0.3) is 0 Å². The van der Waals surface area contributed by atoms with Gasteiger partial charge in [-0.2, -0.15) is 0 Å². The van der Waals surface area contributed by atoms with Crippen LogP contribution in [0.1, 0.15) is 569 Å². The molecule has 0 aromatic rings. The highest BCUT2D eigenvalue weighted by molar-refractivity contribution is 5.68. The fraction of sp³-hybridized carbons (Fsp3) is 0.930. The Balaban J connectivity index is -0.000000110. The average molecular weight is 2160 g/mol. The Labute approximate surface area is 899 Å². The fourth-order valence-electron chi connectivity index (χ4n) is 13.0. The number of aliphatic hydroxyl groups excluding tert-OH is 18. The maximum Gasteiger partial charge on any atom is 0.303 e. The molecular weight excluding hydrogens is 1910 g/mol. The second kappa shape index (κ2) is 170. The van der Waals surface area contributed by atoms with Crippen molar-refractivity contribution in [1.29, 1.82) is 0 Å². The number of carboxylic acid groups (broad SMARTS) is 8. The molecule has 0 aliphatic carbocycles. The van der Waals surface area contributed by atoms with Gasteiger partial charge in [0.1, 0.15) is 36.6 Å². The highest BCUT2D eigenvalue weighted by Crippen LogP contribution is 2.18. The van der Waals surface area contributed by atoms with Crippen molar-refractivity contribution in [2.75, 3.05) is 79.3 Å². The molecule has 0 atom stereocenters. The van der Waals surface area contributed by atoms with Gasteiger partial charge in [-0.25, -0.2) is 0 Å². The zero-order chi connectivity index (χ0) is 115. The first-order chi connectivity index (χ1) is 71.0. The minimum Gasteiger partial charge on any atom is -0.481 e. The largest absolute Gasteiger partial charge is 0.481 e. The van der Waals surface area contributed by atoms with Crippen LogP contribution in [0.3, 0.4) is 0 Å². The highest BCUT2D eigenvalue weighted by atomic mass is 16.4. The number of aliphatic hydroxyl groups is 18. The van der Waals surface area contributed by atoms with Crippen LogP contribution in [0, 0.1) is 0 Å². The molecule has 0 rings (SSSR count). The molecule has 0 aromatic carbocycles. The quantitative estimate of drug-likeness (QED) is 0.0251. The molecule has 0 aliphatic rings. The molecule has 0 fully saturated rings. The summed E-state index contributed by atoms with van der Waals surface area (Å²) in [6, 6.07) is 0. The van der Waals surface area contributed by atoms with Gasteiger partial charge in [0.2, 0.25) is 0 Å². The number of carbonyl (C=O) groups is 8. The first kappa shape index (κ1) is 173. The Bertz CT molecular complexity index is 1910. The van der Waals surface area contributed by atoms with Gasteiger partial charge in [-0.3, -0.25) is 38.4 Å². The van der Waals surface area contributed by atoms with E-state index in [2.05, 4.69) is 55.4 Å². The van der Waals surface area contributed by atoms with Crippen LogP contribution < -0.4 is 0 Å². The van der Waals surface area contributed by atoms with Gasteiger partial charge in [-0.05, 0) is 51.4 Å². The first-order valence-electron chi connectivity index (χ1n) is 58.2. The van der Waals surface area contributed by atoms with E-state index in [9.17, 15) is 38.4 Å². The van der Waals surface area contributed by atoms with Crippen molar-refractivity contribution in [2.45, 2.75) is 606 Å². The van der Waals surface area contributed by atoms with Gasteiger partial charge in [0.25, 0.3) is 0 Å². The summed E-state index contributed by atoms with van der Waals surface area (Å²) in [5, 5.41) is 211. The molecule has 0 bridgehead atoms. The van der Waals surface area contributed by atoms with E-state index in [4.69, 9.17) is 133 Å². The van der Waals surface area contributed by atoms with E-state index in [1.165, 1.54) is 360 Å². The fourth-order valence-corrected chi connectivity index (χ4v) is 13.0. The number of aliphatic carboxylic acids is 8. The van der Waals surface area contributed by atoms with Crippen molar-refractivity contribution in [3.63, 3.8) is 0 Å². The van der Waals surface area contributed by atoms with Gasteiger partial charge in [0.05, 0.1) is 79.3 Å². The van der Waals surface area contributed by atoms with Gasteiger partial charge in [-0.15, -0.1) is 0 Å². The molecule has 900 valence electrons. The Morgan fingerprint density at radius 1 is 0.115 bits per heavy atom. The summed E-state index contributed by atoms with van der Waals surface area (Å²) in [5.74, 6) is -5.27. The highest BCUT2D eigenvalue weighted by Gasteiger charge is 2.07. The van der Waals surface area contributed by atoms with E-state index in [0.29, 0.717) is 51.4 Å². The molecule has 0 heterocycles. The third kappa shape index (κ3) is 241. The summed E-state index contributed by atoms with van der Waals surface area (Å²) < 4.78 is 0. The van der Waals surface area contributed by atoms with Crippen LogP contribution in [-0.2, 0) is 38.4 Å². The minimum absolute atomic E-state index is 0.343. The topological polar surface area (TPSA) is 663 Å². The lowest BCUT2D eigenvalue weighted by molar-refractivity contribution is -0.138. The molecule has 0 saturated carbocycles. The second-order valence-corrected chi connectivity index (χ2v) is 37.9. The van der Waals surface area contributed by atoms with E-state index in [-0.39, 0.29) is 79.3 Å². The second-order valence-electron chi connectivity index (χ2n) is 37.9. The van der Waals surface area contributed by atoms with Crippen molar-refractivity contribution < 1.29 is 171 Å². The maximum absolute atomic E-state index is 10.2. The van der Waals surface area contributed by atoms with Gasteiger partial charge < -0.3 is 133 Å². The van der Waals surface area contributed by atoms with Gasteiger partial charge in [0.15, 0.2) is 0 Å². The van der Waals surface area contributed by atoms with Crippen molar-refractivity contribution in [1.82, 2.24) is 0 Å². The van der Waals surface area contributed by atoms with E-state index in [1.807, 2.05) is 0 Å². The van der Waals surface area contributed by atoms with Gasteiger partial charge in [-0.1, -0.05) is 466 Å². The molecule has 0 amide bonds. The molecule has 0 unspecified atom stereocenters. The number of unbranched alkanes of at least 4 members (excludes halogenated alkanes) is 64. The lowest BCUT2D eigenvalue weighted by Gasteiger charge is -2.00. The zero-order valence-corrected chi connectivity index (χ0v) is 95.4. The molecular formula is C114H240O34. The van der Waals surface area contributed by atoms with Crippen molar-refractivity contribution in [3.05, 3.63) is 0 Å². The zero-order valence-electron chi connectivity index (χ0n) is 95.4. The molecule has 26 N–H and O–H groups in total. The number of carboxylic acids is 8. The summed E-state index contributed by atoms with van der Waals surface area (Å²) in [6.07, 6.45) is 86.1. The molecule has 0 radical (unpaired) electrons. The summed E-state index contributed by atoms with van der Waals surface area (Å²) in [5.41, 5.74) is 0. The molecule has 34 nitrogen and oxygen atoms in total. The monoisotopic (exact) mass is 2150 g/mol. The van der Waals surface area contributed by atoms with Crippen molar-refractivity contribution in [3.8, 4) is 0 Å². The van der Waals surface area contributed by atoms with E-state index >= 15 is 0 Å². The number of rotatable bonds is 92. The van der Waals surface area contributed by atoms with E-state index in [1.54, 1.807) is 0 Å². The van der Waals surface area contributed by atoms with Crippen LogP contribution in [0.5, 0.6) is 0 Å². The summed E-state index contributed by atoms with van der Waals surface area (Å²) in [6.45, 7) is 13.4. The predicted octanol–water partition coefficient (Wildman–Crippen LogP) is 21.9. The third-order valence-electron chi connectivity index (χ3n) is 22.5. The lowest BCUT2D eigenvalue weighted by atomic mass is 10.1. The SMILES string of the molecule is CCCCCCCCCCCC(=O)O.CCCCCCCCCCCC(=O)O.CCCCCCCCCCCC(=O)O.CCCCCCCCCCCC(=O)O.CCCCCCCCCCCC(=O)O.CCCCCCCCCCCC(=O)O.CCCCCCCCCCCC(=O)O.CCCCCCCCCCCC(=O)O.OCC(O)CO.OCC(O)CO.OCC(O)CO.OCC(O)CO.OCC(O)CO.OCC(O)CO. The van der Waals surface area contributed by atoms with E-state index in [0.717, 1.165) is 103 Å². The molecule has 0 saturated heterocycles. The van der Waals surface area contributed by atoms with Crippen LogP contribution in [-0.4, -0.2) is 296 Å². The Kier molecular flexibility index (Phi) is 199. The predicted molar refractivity (Wildman–Crippen MR) is 597 cm³/mol. The van der Waals surface area contributed by atoms with Crippen molar-refractivity contribution >= 4 is 47.8 Å². The smallest absolute Gasteiger partial charge is 0.303 e. The van der Waals surface area contributed by atoms with Gasteiger partial charge in [0, 0.05) is 51.4 Å². The third-order valence-corrected chi connectivity index (χ3v) is 22.5. The summed E-state index contributed by atoms with van der Waals surface area (Å²) >= 11 is 0. The van der Waals surface area contributed by atoms with E-state index < -0.39 is 84.4 Å². The molecule has 148 heavy (non-hydrogen) atoms. The summed E-state index contributed by atoms with van der Waals surface area (Å²) in [4.78, 5) is 81.7. The van der Waals surface area contributed by atoms with Crippen LogP contribution in [0.4, 0.5) is 0 Å². The Hall–Kier alpha value is -4.96. The van der Waals surface area contributed by atoms with Crippen LogP contribution in [0.15, 0.2) is 0 Å². The lowest BCUT2D eigenvalue weighted by Crippen LogP contribution is -2.15. The minimum atomic E-state index is -0.954. The average Bonchev–Trinajstić information content (AvgIpc) is 1.12. The first-order valence-corrected chi connectivity index (χ1v) is 58.2. The summed E-state index contributed by atoms with van der Waals surface area (Å²) in [7, 11) is 0. The normalized spacial score (nSPS) is 10.3. The van der Waals surface area contributed by atoms with Crippen LogP contribution in [0.2, 0.25) is 0 Å². The standard InChI is InChI=1S/8C12H24O2.6C3H8O3/c8*1-2-3-4-5-6-7-8-9-10-11-12(13)14;6*4-1-3(6)2-5/h8*2-11H2,1H3,(H,13,14);6*3-6H,1-2H2. The van der Waals surface area contributed by atoms with Gasteiger partial charge >= 0.3 is 47.8 Å². The molecule has 0 spiro atoms. The molecule has 34 heteroatoms. The Morgan fingerprint density at radius 3 is 0.209 bits per heavy atom. The number of hydrogen-bond acceptors (Lipinski definition) is 26. The van der Waals surface area contributed by atoms with Crippen molar-refractivity contribution in [2.24, 2.45) is 0 Å². The molecule has 0 aliphatic heterocycles. The Morgan fingerprint density at radius 2 is 0.169 bits per heavy atom. The maximum atomic E-state index is 10.2. The van der Waals surface area contributed by atoms with Crippen LogP contribution >= 0.6 is 0 Å².